The summed E-state index contributed by atoms with van der Waals surface area (Å²) in [5.41, 5.74) is 0.0104. The molecule has 0 radical (unpaired) electrons. The van der Waals surface area contributed by atoms with E-state index in [2.05, 4.69) is 21.8 Å². The van der Waals surface area contributed by atoms with E-state index < -0.39 is 5.97 Å². The van der Waals surface area contributed by atoms with E-state index in [1.807, 2.05) is 0 Å². The van der Waals surface area contributed by atoms with Gasteiger partial charge in [-0.1, -0.05) is 19.8 Å². The van der Waals surface area contributed by atoms with Crippen molar-refractivity contribution in [2.45, 2.75) is 38.6 Å². The van der Waals surface area contributed by atoms with Gasteiger partial charge in [-0.3, -0.25) is 0 Å². The Morgan fingerprint density at radius 2 is 2.11 bits per heavy atom. The van der Waals surface area contributed by atoms with Gasteiger partial charge in [0.15, 0.2) is 5.69 Å². The Bertz CT molecular complexity index is 474. The number of aromatic carboxylic acids is 1. The van der Waals surface area contributed by atoms with E-state index in [1.165, 1.54) is 31.9 Å². The maximum Gasteiger partial charge on any atom is 0.356 e. The first kappa shape index (κ1) is 12.4. The standard InChI is InChI=1S/C14H19N3O2/c1-9-8-17(12-5-3-2-4-10(9)12)13-7-15-11(6-16-13)14(18)19/h6-7,9-10,12H,2-5,8H2,1H3,(H,18,19). The highest BCUT2D eigenvalue weighted by Crippen LogP contribution is 2.41. The SMILES string of the molecule is CC1CN(c2cnc(C(=O)O)cn2)C2CCCCC12. The first-order valence-corrected chi connectivity index (χ1v) is 6.99. The third-order valence-corrected chi connectivity index (χ3v) is 4.55. The molecule has 1 saturated carbocycles. The lowest BCUT2D eigenvalue weighted by atomic mass is 9.80. The monoisotopic (exact) mass is 261 g/mol. The fourth-order valence-corrected chi connectivity index (χ4v) is 3.62. The Kier molecular flexibility index (Phi) is 3.12. The summed E-state index contributed by atoms with van der Waals surface area (Å²) in [5.74, 6) is 1.25. The van der Waals surface area contributed by atoms with E-state index in [9.17, 15) is 4.79 Å². The normalized spacial score (nSPS) is 30.2. The fraction of sp³-hybridized carbons (Fsp3) is 0.643. The summed E-state index contributed by atoms with van der Waals surface area (Å²) in [4.78, 5) is 21.4. The average molecular weight is 261 g/mol. The zero-order valence-electron chi connectivity index (χ0n) is 11.1. The lowest BCUT2D eigenvalue weighted by Gasteiger charge is -2.32. The molecule has 2 fully saturated rings. The molecule has 0 spiro atoms. The molecule has 1 N–H and O–H groups in total. The number of anilines is 1. The molecule has 0 aromatic carbocycles. The van der Waals surface area contributed by atoms with Gasteiger partial charge in [-0.15, -0.1) is 0 Å². The molecule has 0 amide bonds. The van der Waals surface area contributed by atoms with Crippen LogP contribution in [0.5, 0.6) is 0 Å². The highest BCUT2D eigenvalue weighted by Gasteiger charge is 2.41. The van der Waals surface area contributed by atoms with Crippen molar-refractivity contribution in [1.29, 1.82) is 0 Å². The number of aromatic nitrogens is 2. The maximum atomic E-state index is 10.8. The number of hydrogen-bond acceptors (Lipinski definition) is 4. The van der Waals surface area contributed by atoms with Crippen LogP contribution in [0.4, 0.5) is 5.82 Å². The summed E-state index contributed by atoms with van der Waals surface area (Å²) >= 11 is 0. The molecule has 5 heteroatoms. The number of fused-ring (bicyclic) bond motifs is 1. The number of rotatable bonds is 2. The van der Waals surface area contributed by atoms with E-state index in [-0.39, 0.29) is 5.69 Å². The summed E-state index contributed by atoms with van der Waals surface area (Å²) in [6.45, 7) is 3.32. The van der Waals surface area contributed by atoms with E-state index in [0.717, 1.165) is 18.3 Å². The summed E-state index contributed by atoms with van der Waals surface area (Å²) in [6, 6.07) is 0.564. The van der Waals surface area contributed by atoms with Gasteiger partial charge in [-0.05, 0) is 24.7 Å². The van der Waals surface area contributed by atoms with Gasteiger partial charge in [-0.25, -0.2) is 14.8 Å². The number of hydrogen-bond donors (Lipinski definition) is 1. The van der Waals surface area contributed by atoms with Crippen molar-refractivity contribution in [3.63, 3.8) is 0 Å². The summed E-state index contributed by atoms with van der Waals surface area (Å²) in [5, 5.41) is 8.85. The van der Waals surface area contributed by atoms with Gasteiger partial charge in [0.1, 0.15) is 5.82 Å². The molecule has 102 valence electrons. The topological polar surface area (TPSA) is 66.3 Å². The van der Waals surface area contributed by atoms with E-state index in [4.69, 9.17) is 5.11 Å². The maximum absolute atomic E-state index is 10.8. The second kappa shape index (κ2) is 4.79. The molecular formula is C14H19N3O2. The molecule has 19 heavy (non-hydrogen) atoms. The van der Waals surface area contributed by atoms with Gasteiger partial charge >= 0.3 is 5.97 Å². The van der Waals surface area contributed by atoms with Gasteiger partial charge in [-0.2, -0.15) is 0 Å². The molecular weight excluding hydrogens is 242 g/mol. The van der Waals surface area contributed by atoms with Gasteiger partial charge in [0.25, 0.3) is 0 Å². The molecule has 2 heterocycles. The lowest BCUT2D eigenvalue weighted by Crippen LogP contribution is -2.35. The smallest absolute Gasteiger partial charge is 0.356 e. The number of nitrogens with zero attached hydrogens (tertiary/aromatic N) is 3. The molecule has 0 bridgehead atoms. The molecule has 5 nitrogen and oxygen atoms in total. The van der Waals surface area contributed by atoms with Gasteiger partial charge in [0.2, 0.25) is 0 Å². The number of carboxylic acids is 1. The van der Waals surface area contributed by atoms with E-state index >= 15 is 0 Å². The minimum Gasteiger partial charge on any atom is -0.476 e. The second-order valence-electron chi connectivity index (χ2n) is 5.71. The van der Waals surface area contributed by atoms with Crippen LogP contribution in [0.3, 0.4) is 0 Å². The summed E-state index contributed by atoms with van der Waals surface area (Å²) < 4.78 is 0. The van der Waals surface area contributed by atoms with E-state index in [1.54, 1.807) is 6.20 Å². The zero-order valence-corrected chi connectivity index (χ0v) is 11.1. The lowest BCUT2D eigenvalue weighted by molar-refractivity contribution is 0.0690. The van der Waals surface area contributed by atoms with Crippen molar-refractivity contribution in [2.24, 2.45) is 11.8 Å². The fourth-order valence-electron chi connectivity index (χ4n) is 3.62. The molecule has 2 aliphatic rings. The van der Waals surface area contributed by atoms with Crippen LogP contribution in [0, 0.1) is 11.8 Å². The number of carbonyl (C=O) groups is 1. The van der Waals surface area contributed by atoms with Crippen LogP contribution in [-0.2, 0) is 0 Å². The Balaban J connectivity index is 1.83. The Hall–Kier alpha value is -1.65. The van der Waals surface area contributed by atoms with Crippen molar-refractivity contribution in [1.82, 2.24) is 9.97 Å². The summed E-state index contributed by atoms with van der Waals surface area (Å²) in [7, 11) is 0. The van der Waals surface area contributed by atoms with Crippen LogP contribution in [-0.4, -0.2) is 33.6 Å². The van der Waals surface area contributed by atoms with Crippen LogP contribution in [0.2, 0.25) is 0 Å². The second-order valence-corrected chi connectivity index (χ2v) is 5.71. The van der Waals surface area contributed by atoms with Crippen molar-refractivity contribution in [3.05, 3.63) is 18.1 Å². The van der Waals surface area contributed by atoms with Crippen molar-refractivity contribution in [3.8, 4) is 0 Å². The van der Waals surface area contributed by atoms with Crippen LogP contribution >= 0.6 is 0 Å². The van der Waals surface area contributed by atoms with Crippen molar-refractivity contribution < 1.29 is 9.90 Å². The molecule has 1 aromatic heterocycles. The molecule has 1 aliphatic carbocycles. The minimum atomic E-state index is -1.02. The molecule has 3 atom stereocenters. The minimum absolute atomic E-state index is 0.0104. The van der Waals surface area contributed by atoms with Crippen LogP contribution in [0.1, 0.15) is 43.1 Å². The van der Waals surface area contributed by atoms with Crippen LogP contribution < -0.4 is 4.90 Å². The van der Waals surface area contributed by atoms with Gasteiger partial charge in [0, 0.05) is 12.6 Å². The van der Waals surface area contributed by atoms with Gasteiger partial charge in [0.05, 0.1) is 12.4 Å². The predicted molar refractivity (Wildman–Crippen MR) is 71.2 cm³/mol. The van der Waals surface area contributed by atoms with Crippen molar-refractivity contribution in [2.75, 3.05) is 11.4 Å². The molecule has 3 rings (SSSR count). The number of carboxylic acid groups (broad SMARTS) is 1. The Morgan fingerprint density at radius 1 is 1.32 bits per heavy atom. The highest BCUT2D eigenvalue weighted by atomic mass is 16.4. The van der Waals surface area contributed by atoms with Crippen molar-refractivity contribution >= 4 is 11.8 Å². The average Bonchev–Trinajstić information content (AvgIpc) is 2.77. The first-order chi connectivity index (χ1) is 9.16. The molecule has 1 aromatic rings. The quantitative estimate of drug-likeness (QED) is 0.884. The largest absolute Gasteiger partial charge is 0.476 e. The molecule has 1 saturated heterocycles. The van der Waals surface area contributed by atoms with Crippen LogP contribution in [0.15, 0.2) is 12.4 Å². The van der Waals surface area contributed by atoms with Crippen LogP contribution in [0.25, 0.3) is 0 Å². The Morgan fingerprint density at radius 3 is 2.79 bits per heavy atom. The molecule has 3 unspecified atom stereocenters. The predicted octanol–water partition coefficient (Wildman–Crippen LogP) is 2.19. The first-order valence-electron chi connectivity index (χ1n) is 6.99. The van der Waals surface area contributed by atoms with Gasteiger partial charge < -0.3 is 10.0 Å². The Labute approximate surface area is 112 Å². The highest BCUT2D eigenvalue weighted by molar-refractivity contribution is 5.84. The van der Waals surface area contributed by atoms with E-state index in [0.29, 0.717) is 12.0 Å². The molecule has 1 aliphatic heterocycles. The zero-order chi connectivity index (χ0) is 13.4. The summed E-state index contributed by atoms with van der Waals surface area (Å²) in [6.07, 6.45) is 8.11. The third-order valence-electron chi connectivity index (χ3n) is 4.55. The third kappa shape index (κ3) is 2.17.